The lowest BCUT2D eigenvalue weighted by atomic mass is 10.1. The molecule has 2 aromatic rings. The third-order valence-electron chi connectivity index (χ3n) is 2.25. The van der Waals surface area contributed by atoms with E-state index in [1.54, 1.807) is 0 Å². The molecule has 0 aliphatic carbocycles. The molecule has 0 fully saturated rings. The molecule has 3 heteroatoms. The van der Waals surface area contributed by atoms with Gasteiger partial charge in [-0.05, 0) is 18.1 Å². The van der Waals surface area contributed by atoms with Crippen molar-refractivity contribution in [3.8, 4) is 0 Å². The van der Waals surface area contributed by atoms with Crippen LogP contribution in [0.4, 0.5) is 0 Å². The molecule has 0 atom stereocenters. The van der Waals surface area contributed by atoms with E-state index in [1.165, 1.54) is 0 Å². The monoisotopic (exact) mass is 188 g/mol. The summed E-state index contributed by atoms with van der Waals surface area (Å²) < 4.78 is 1.82. The summed E-state index contributed by atoms with van der Waals surface area (Å²) in [5, 5.41) is 0. The number of nitrogens with zero attached hydrogens (tertiary/aromatic N) is 2. The number of pyridine rings is 1. The minimum absolute atomic E-state index is 0.273. The van der Waals surface area contributed by atoms with Crippen LogP contribution >= 0.6 is 0 Å². The first-order chi connectivity index (χ1) is 6.74. The van der Waals surface area contributed by atoms with Crippen LogP contribution in [-0.4, -0.2) is 15.7 Å². The SMILES string of the molecule is CC(C)c1nc2ccccn2c1C=O. The van der Waals surface area contributed by atoms with Crippen LogP contribution in [0.3, 0.4) is 0 Å². The number of hydrogen-bond acceptors (Lipinski definition) is 2. The van der Waals surface area contributed by atoms with E-state index in [1.807, 2.05) is 42.6 Å². The number of aromatic nitrogens is 2. The van der Waals surface area contributed by atoms with Gasteiger partial charge in [0.15, 0.2) is 6.29 Å². The molecule has 0 aliphatic rings. The molecule has 2 aromatic heterocycles. The third kappa shape index (κ3) is 1.21. The lowest BCUT2D eigenvalue weighted by molar-refractivity contribution is 0.111. The molecule has 0 saturated carbocycles. The van der Waals surface area contributed by atoms with E-state index in [4.69, 9.17) is 0 Å². The Morgan fingerprint density at radius 1 is 1.43 bits per heavy atom. The molecular formula is C11H12N2O. The third-order valence-corrected chi connectivity index (χ3v) is 2.25. The summed E-state index contributed by atoms with van der Waals surface area (Å²) in [4.78, 5) is 15.4. The van der Waals surface area contributed by atoms with Gasteiger partial charge in [0.1, 0.15) is 11.3 Å². The Hall–Kier alpha value is -1.64. The fourth-order valence-corrected chi connectivity index (χ4v) is 1.58. The van der Waals surface area contributed by atoms with Crippen molar-refractivity contribution in [3.05, 3.63) is 35.8 Å². The van der Waals surface area contributed by atoms with Gasteiger partial charge in [0.05, 0.1) is 5.69 Å². The Balaban J connectivity index is 2.78. The van der Waals surface area contributed by atoms with E-state index in [0.29, 0.717) is 5.69 Å². The zero-order valence-corrected chi connectivity index (χ0v) is 8.27. The second kappa shape index (κ2) is 3.25. The van der Waals surface area contributed by atoms with Crippen LogP contribution in [0.15, 0.2) is 24.4 Å². The number of imidazole rings is 1. The molecule has 3 nitrogen and oxygen atoms in total. The molecule has 0 bridgehead atoms. The van der Waals surface area contributed by atoms with Crippen LogP contribution < -0.4 is 0 Å². The summed E-state index contributed by atoms with van der Waals surface area (Å²) >= 11 is 0. The number of carbonyl (C=O) groups is 1. The summed E-state index contributed by atoms with van der Waals surface area (Å²) in [7, 11) is 0. The highest BCUT2D eigenvalue weighted by Crippen LogP contribution is 2.18. The molecule has 2 heterocycles. The number of aldehydes is 1. The molecule has 0 aliphatic heterocycles. The molecule has 0 saturated heterocycles. The Labute approximate surface area is 82.4 Å². The van der Waals surface area contributed by atoms with Gasteiger partial charge in [0.25, 0.3) is 0 Å². The lowest BCUT2D eigenvalue weighted by Crippen LogP contribution is -1.96. The first kappa shape index (κ1) is 8.94. The predicted molar refractivity (Wildman–Crippen MR) is 54.7 cm³/mol. The summed E-state index contributed by atoms with van der Waals surface area (Å²) in [5.41, 5.74) is 2.36. The smallest absolute Gasteiger partial charge is 0.168 e. The second-order valence-corrected chi connectivity index (χ2v) is 3.58. The van der Waals surface area contributed by atoms with E-state index < -0.39 is 0 Å². The average Bonchev–Trinajstić information content (AvgIpc) is 2.56. The van der Waals surface area contributed by atoms with Crippen LogP contribution in [0.2, 0.25) is 0 Å². The van der Waals surface area contributed by atoms with Crippen molar-refractivity contribution < 1.29 is 4.79 Å². The fourth-order valence-electron chi connectivity index (χ4n) is 1.58. The predicted octanol–water partition coefficient (Wildman–Crippen LogP) is 2.27. The number of hydrogen-bond donors (Lipinski definition) is 0. The van der Waals surface area contributed by atoms with E-state index in [9.17, 15) is 4.79 Å². The maximum atomic E-state index is 10.9. The lowest BCUT2D eigenvalue weighted by Gasteiger charge is -1.99. The highest BCUT2D eigenvalue weighted by Gasteiger charge is 2.13. The number of carbonyl (C=O) groups excluding carboxylic acids is 1. The van der Waals surface area contributed by atoms with Gasteiger partial charge in [0.2, 0.25) is 0 Å². The van der Waals surface area contributed by atoms with Crippen molar-refractivity contribution in [1.29, 1.82) is 0 Å². The Morgan fingerprint density at radius 2 is 2.21 bits per heavy atom. The van der Waals surface area contributed by atoms with Gasteiger partial charge < -0.3 is 0 Å². The minimum atomic E-state index is 0.273. The topological polar surface area (TPSA) is 34.4 Å². The van der Waals surface area contributed by atoms with Crippen LogP contribution in [0.1, 0.15) is 35.9 Å². The highest BCUT2D eigenvalue weighted by atomic mass is 16.1. The molecule has 0 radical (unpaired) electrons. The van der Waals surface area contributed by atoms with Gasteiger partial charge >= 0.3 is 0 Å². The molecule has 0 aromatic carbocycles. The average molecular weight is 188 g/mol. The van der Waals surface area contributed by atoms with Crippen LogP contribution in [0.5, 0.6) is 0 Å². The summed E-state index contributed by atoms with van der Waals surface area (Å²) in [5.74, 6) is 0.273. The molecule has 0 N–H and O–H groups in total. The van der Waals surface area contributed by atoms with Crippen molar-refractivity contribution >= 4 is 11.9 Å². The zero-order chi connectivity index (χ0) is 10.1. The Kier molecular flexibility index (Phi) is 2.08. The summed E-state index contributed by atoms with van der Waals surface area (Å²) in [6.07, 6.45) is 2.73. The Morgan fingerprint density at radius 3 is 2.86 bits per heavy atom. The van der Waals surface area contributed by atoms with E-state index >= 15 is 0 Å². The minimum Gasteiger partial charge on any atom is -0.297 e. The van der Waals surface area contributed by atoms with Crippen LogP contribution in [0, 0.1) is 0 Å². The van der Waals surface area contributed by atoms with Gasteiger partial charge in [-0.3, -0.25) is 9.20 Å². The van der Waals surface area contributed by atoms with E-state index in [0.717, 1.165) is 17.6 Å². The quantitative estimate of drug-likeness (QED) is 0.677. The maximum Gasteiger partial charge on any atom is 0.168 e. The zero-order valence-electron chi connectivity index (χ0n) is 8.27. The first-order valence-corrected chi connectivity index (χ1v) is 4.66. The van der Waals surface area contributed by atoms with Crippen LogP contribution in [0.25, 0.3) is 5.65 Å². The van der Waals surface area contributed by atoms with Gasteiger partial charge in [0, 0.05) is 6.20 Å². The molecule has 14 heavy (non-hydrogen) atoms. The second-order valence-electron chi connectivity index (χ2n) is 3.58. The normalized spacial score (nSPS) is 11.1. The van der Waals surface area contributed by atoms with E-state index in [-0.39, 0.29) is 5.92 Å². The molecule has 0 amide bonds. The van der Waals surface area contributed by atoms with Gasteiger partial charge in [-0.2, -0.15) is 0 Å². The van der Waals surface area contributed by atoms with Crippen molar-refractivity contribution in [2.45, 2.75) is 19.8 Å². The number of rotatable bonds is 2. The first-order valence-electron chi connectivity index (χ1n) is 4.66. The van der Waals surface area contributed by atoms with Crippen molar-refractivity contribution in [2.24, 2.45) is 0 Å². The molecule has 72 valence electrons. The standard InChI is InChI=1S/C11H12N2O/c1-8(2)11-9(7-14)13-6-4-3-5-10(13)12-11/h3-8H,1-2H3. The van der Waals surface area contributed by atoms with Crippen molar-refractivity contribution in [3.63, 3.8) is 0 Å². The largest absolute Gasteiger partial charge is 0.297 e. The molecule has 2 rings (SSSR count). The molecular weight excluding hydrogens is 176 g/mol. The highest BCUT2D eigenvalue weighted by molar-refractivity contribution is 5.76. The maximum absolute atomic E-state index is 10.9. The van der Waals surface area contributed by atoms with Gasteiger partial charge in [-0.15, -0.1) is 0 Å². The van der Waals surface area contributed by atoms with Gasteiger partial charge in [-0.1, -0.05) is 19.9 Å². The van der Waals surface area contributed by atoms with E-state index in [2.05, 4.69) is 4.98 Å². The van der Waals surface area contributed by atoms with Crippen molar-refractivity contribution in [1.82, 2.24) is 9.38 Å². The summed E-state index contributed by atoms with van der Waals surface area (Å²) in [6, 6.07) is 5.71. The van der Waals surface area contributed by atoms with Gasteiger partial charge in [-0.25, -0.2) is 4.98 Å². The van der Waals surface area contributed by atoms with Crippen LogP contribution in [-0.2, 0) is 0 Å². The summed E-state index contributed by atoms with van der Waals surface area (Å²) in [6.45, 7) is 4.07. The number of fused-ring (bicyclic) bond motifs is 1. The van der Waals surface area contributed by atoms with Crippen molar-refractivity contribution in [2.75, 3.05) is 0 Å². The Bertz CT molecular complexity index is 471. The molecule has 0 unspecified atom stereocenters. The fraction of sp³-hybridized carbons (Fsp3) is 0.273. The molecule has 0 spiro atoms.